The number of aliphatic carboxylic acids is 1. The molecule has 0 aromatic rings. The van der Waals surface area contributed by atoms with Gasteiger partial charge in [0, 0.05) is 12.6 Å². The molecule has 3 N–H and O–H groups in total. The van der Waals surface area contributed by atoms with Crippen LogP contribution in [0.3, 0.4) is 0 Å². The monoisotopic (exact) mass is 258 g/mol. The number of morpholine rings is 1. The highest BCUT2D eigenvalue weighted by molar-refractivity contribution is 5.77. The van der Waals surface area contributed by atoms with Crippen LogP contribution in [0.5, 0.6) is 0 Å². The number of carboxylic acids is 1. The van der Waals surface area contributed by atoms with Crippen molar-refractivity contribution in [1.29, 1.82) is 0 Å². The Morgan fingerprint density at radius 2 is 2.17 bits per heavy atom. The second kappa shape index (κ2) is 6.50. The summed E-state index contributed by atoms with van der Waals surface area (Å²) < 4.78 is 5.57. The van der Waals surface area contributed by atoms with Crippen LogP contribution in [0.25, 0.3) is 0 Å². The average molecular weight is 258 g/mol. The molecule has 106 valence electrons. The van der Waals surface area contributed by atoms with E-state index >= 15 is 0 Å². The van der Waals surface area contributed by atoms with Crippen molar-refractivity contribution in [2.45, 2.75) is 57.7 Å². The standard InChI is InChI=1S/C13H26N2O3/c1-10-9-18-11(2)8-15(10)7-5-4-6-13(3,14)12(16)17/h10-11H,4-9,14H2,1-3H3,(H,16,17). The number of hydrogen-bond acceptors (Lipinski definition) is 4. The molecule has 1 aliphatic heterocycles. The highest BCUT2D eigenvalue weighted by Crippen LogP contribution is 2.15. The van der Waals surface area contributed by atoms with Crippen LogP contribution >= 0.6 is 0 Å². The van der Waals surface area contributed by atoms with E-state index < -0.39 is 11.5 Å². The van der Waals surface area contributed by atoms with E-state index in [0.29, 0.717) is 18.6 Å². The molecule has 1 fully saturated rings. The van der Waals surface area contributed by atoms with Gasteiger partial charge in [-0.05, 0) is 46.6 Å². The van der Waals surface area contributed by atoms with Crippen molar-refractivity contribution in [3.63, 3.8) is 0 Å². The molecule has 5 nitrogen and oxygen atoms in total. The number of carboxylic acid groups (broad SMARTS) is 1. The molecule has 1 rings (SSSR count). The van der Waals surface area contributed by atoms with Crippen LogP contribution in [-0.4, -0.2) is 53.4 Å². The van der Waals surface area contributed by atoms with Crippen LogP contribution in [-0.2, 0) is 9.53 Å². The van der Waals surface area contributed by atoms with Gasteiger partial charge in [0.25, 0.3) is 0 Å². The smallest absolute Gasteiger partial charge is 0.323 e. The number of nitrogens with zero attached hydrogens (tertiary/aromatic N) is 1. The van der Waals surface area contributed by atoms with Crippen LogP contribution in [0.2, 0.25) is 0 Å². The SMILES string of the molecule is CC1CN(CCCCC(C)(N)C(=O)O)C(C)CO1. The van der Waals surface area contributed by atoms with E-state index in [1.165, 1.54) is 0 Å². The van der Waals surface area contributed by atoms with Crippen LogP contribution in [0.4, 0.5) is 0 Å². The van der Waals surface area contributed by atoms with E-state index in [2.05, 4.69) is 18.7 Å². The lowest BCUT2D eigenvalue weighted by atomic mass is 9.96. The molecule has 1 saturated heterocycles. The molecule has 0 aromatic heterocycles. The van der Waals surface area contributed by atoms with Crippen LogP contribution < -0.4 is 5.73 Å². The summed E-state index contributed by atoms with van der Waals surface area (Å²) in [5, 5.41) is 8.91. The first kappa shape index (κ1) is 15.4. The molecule has 0 aliphatic carbocycles. The Bertz CT molecular complexity index is 281. The lowest BCUT2D eigenvalue weighted by Crippen LogP contribution is -2.48. The topological polar surface area (TPSA) is 75.8 Å². The third-order valence-corrected chi connectivity index (χ3v) is 3.62. The Hall–Kier alpha value is -0.650. The first-order valence-corrected chi connectivity index (χ1v) is 6.71. The van der Waals surface area contributed by atoms with Gasteiger partial charge in [-0.25, -0.2) is 0 Å². The first-order chi connectivity index (χ1) is 8.33. The van der Waals surface area contributed by atoms with Gasteiger partial charge in [0.2, 0.25) is 0 Å². The molecule has 1 aliphatic rings. The molecule has 0 bridgehead atoms. The van der Waals surface area contributed by atoms with Crippen molar-refractivity contribution < 1.29 is 14.6 Å². The van der Waals surface area contributed by atoms with Crippen molar-refractivity contribution in [2.24, 2.45) is 5.73 Å². The van der Waals surface area contributed by atoms with Gasteiger partial charge in [-0.3, -0.25) is 9.69 Å². The summed E-state index contributed by atoms with van der Waals surface area (Å²) in [5.74, 6) is -0.920. The lowest BCUT2D eigenvalue weighted by Gasteiger charge is -2.36. The highest BCUT2D eigenvalue weighted by Gasteiger charge is 2.27. The molecular formula is C13H26N2O3. The number of carbonyl (C=O) groups is 1. The van der Waals surface area contributed by atoms with Crippen molar-refractivity contribution in [2.75, 3.05) is 19.7 Å². The zero-order valence-electron chi connectivity index (χ0n) is 11.7. The molecule has 3 atom stereocenters. The van der Waals surface area contributed by atoms with Crippen molar-refractivity contribution in [3.05, 3.63) is 0 Å². The largest absolute Gasteiger partial charge is 0.480 e. The fourth-order valence-corrected chi connectivity index (χ4v) is 2.20. The summed E-state index contributed by atoms with van der Waals surface area (Å²) in [6.45, 7) is 8.56. The number of rotatable bonds is 6. The minimum atomic E-state index is -1.09. The lowest BCUT2D eigenvalue weighted by molar-refractivity contribution is -0.142. The molecule has 0 aromatic carbocycles. The maximum absolute atomic E-state index is 10.9. The van der Waals surface area contributed by atoms with E-state index in [-0.39, 0.29) is 0 Å². The van der Waals surface area contributed by atoms with E-state index in [9.17, 15) is 4.79 Å². The maximum Gasteiger partial charge on any atom is 0.323 e. The Morgan fingerprint density at radius 3 is 2.78 bits per heavy atom. The van der Waals surface area contributed by atoms with Gasteiger partial charge < -0.3 is 15.6 Å². The molecule has 18 heavy (non-hydrogen) atoms. The predicted molar refractivity (Wildman–Crippen MR) is 70.5 cm³/mol. The number of hydrogen-bond donors (Lipinski definition) is 2. The number of nitrogens with two attached hydrogens (primary N) is 1. The summed E-state index contributed by atoms with van der Waals surface area (Å²) in [7, 11) is 0. The van der Waals surface area contributed by atoms with Gasteiger partial charge in [-0.1, -0.05) is 0 Å². The van der Waals surface area contributed by atoms with Crippen molar-refractivity contribution in [1.82, 2.24) is 4.90 Å². The van der Waals surface area contributed by atoms with Gasteiger partial charge in [-0.2, -0.15) is 0 Å². The number of ether oxygens (including phenoxy) is 1. The zero-order chi connectivity index (χ0) is 13.8. The minimum absolute atomic E-state index is 0.292. The molecule has 0 amide bonds. The molecule has 1 heterocycles. The molecule has 0 spiro atoms. The molecule has 0 saturated carbocycles. The second-order valence-corrected chi connectivity index (χ2v) is 5.67. The third-order valence-electron chi connectivity index (χ3n) is 3.62. The maximum atomic E-state index is 10.9. The summed E-state index contributed by atoms with van der Waals surface area (Å²) in [6, 6.07) is 0.449. The molecular weight excluding hydrogens is 232 g/mol. The van der Waals surface area contributed by atoms with E-state index in [1.54, 1.807) is 6.92 Å². The summed E-state index contributed by atoms with van der Waals surface area (Å²) in [4.78, 5) is 13.3. The van der Waals surface area contributed by atoms with Gasteiger partial charge >= 0.3 is 5.97 Å². The minimum Gasteiger partial charge on any atom is -0.480 e. The van der Waals surface area contributed by atoms with Crippen LogP contribution in [0.1, 0.15) is 40.0 Å². The summed E-state index contributed by atoms with van der Waals surface area (Å²) in [5.41, 5.74) is 4.60. The predicted octanol–water partition coefficient (Wildman–Crippen LogP) is 1.07. The molecule has 0 radical (unpaired) electrons. The van der Waals surface area contributed by atoms with Gasteiger partial charge in [-0.15, -0.1) is 0 Å². The Labute approximate surface area is 109 Å². The number of unbranched alkanes of at least 4 members (excludes halogenated alkanes) is 1. The first-order valence-electron chi connectivity index (χ1n) is 6.71. The third kappa shape index (κ3) is 4.55. The van der Waals surface area contributed by atoms with Gasteiger partial charge in [0.05, 0.1) is 12.7 Å². The highest BCUT2D eigenvalue weighted by atomic mass is 16.5. The van der Waals surface area contributed by atoms with E-state index in [0.717, 1.165) is 32.5 Å². The zero-order valence-corrected chi connectivity index (χ0v) is 11.7. The second-order valence-electron chi connectivity index (χ2n) is 5.67. The Balaban J connectivity index is 2.23. The summed E-state index contributed by atoms with van der Waals surface area (Å²) in [6.07, 6.45) is 2.64. The average Bonchev–Trinajstić information content (AvgIpc) is 2.28. The van der Waals surface area contributed by atoms with Gasteiger partial charge in [0.1, 0.15) is 5.54 Å². The Kier molecular flexibility index (Phi) is 5.56. The fraction of sp³-hybridized carbons (Fsp3) is 0.923. The van der Waals surface area contributed by atoms with Crippen molar-refractivity contribution in [3.8, 4) is 0 Å². The van der Waals surface area contributed by atoms with E-state index in [1.807, 2.05) is 0 Å². The Morgan fingerprint density at radius 1 is 1.50 bits per heavy atom. The molecule has 3 unspecified atom stereocenters. The van der Waals surface area contributed by atoms with Crippen LogP contribution in [0.15, 0.2) is 0 Å². The van der Waals surface area contributed by atoms with Crippen molar-refractivity contribution >= 4 is 5.97 Å². The normalized spacial score (nSPS) is 28.9. The fourth-order valence-electron chi connectivity index (χ4n) is 2.20. The quantitative estimate of drug-likeness (QED) is 0.697. The molecule has 5 heteroatoms. The summed E-state index contributed by atoms with van der Waals surface area (Å²) >= 11 is 0. The van der Waals surface area contributed by atoms with E-state index in [4.69, 9.17) is 15.6 Å². The van der Waals surface area contributed by atoms with Gasteiger partial charge in [0.15, 0.2) is 0 Å². The van der Waals surface area contributed by atoms with Crippen LogP contribution in [0, 0.1) is 0 Å².